The van der Waals surface area contributed by atoms with Crippen LogP contribution in [0.4, 0.5) is 4.79 Å². The van der Waals surface area contributed by atoms with Gasteiger partial charge in [-0.15, -0.1) is 0 Å². The average Bonchev–Trinajstić information content (AvgIpc) is 2.10. The summed E-state index contributed by atoms with van der Waals surface area (Å²) in [5, 5.41) is 4.88. The molecule has 0 radical (unpaired) electrons. The molecule has 1 unspecified atom stereocenters. The van der Waals surface area contributed by atoms with Crippen molar-refractivity contribution in [2.24, 2.45) is 5.73 Å². The first-order valence-electron chi connectivity index (χ1n) is 4.38. The second-order valence-electron chi connectivity index (χ2n) is 2.98. The molecule has 0 bridgehead atoms. The Balaban J connectivity index is 3.50. The Morgan fingerprint density at radius 1 is 1.50 bits per heavy atom. The molecule has 4 N–H and O–H groups in total. The highest BCUT2D eigenvalue weighted by atomic mass is 16.5. The predicted octanol–water partition coefficient (Wildman–Crippen LogP) is -0.804. The number of rotatable bonds is 6. The minimum absolute atomic E-state index is 0.0772. The zero-order valence-corrected chi connectivity index (χ0v) is 8.50. The van der Waals surface area contributed by atoms with Crippen LogP contribution in [0.3, 0.4) is 0 Å². The maximum Gasteiger partial charge on any atom is 0.318 e. The van der Waals surface area contributed by atoms with Gasteiger partial charge in [-0.3, -0.25) is 10.1 Å². The van der Waals surface area contributed by atoms with Crippen molar-refractivity contribution in [3.63, 3.8) is 0 Å². The van der Waals surface area contributed by atoms with E-state index in [0.29, 0.717) is 6.61 Å². The fraction of sp³-hybridized carbons (Fsp3) is 0.750. The normalized spacial score (nSPS) is 12.1. The highest BCUT2D eigenvalue weighted by Gasteiger charge is 2.06. The number of hydrogen-bond donors (Lipinski definition) is 3. The number of urea groups is 1. The first-order valence-corrected chi connectivity index (χ1v) is 4.38. The van der Waals surface area contributed by atoms with Gasteiger partial charge in [0.2, 0.25) is 5.91 Å². The first kappa shape index (κ1) is 12.9. The van der Waals surface area contributed by atoms with Crippen LogP contribution >= 0.6 is 0 Å². The molecule has 1 atom stereocenters. The molecular formula is C8H17N3O3. The van der Waals surface area contributed by atoms with Crippen LogP contribution < -0.4 is 16.4 Å². The lowest BCUT2D eigenvalue weighted by molar-refractivity contribution is -0.119. The molecule has 0 saturated carbocycles. The Bertz CT molecular complexity index is 196. The van der Waals surface area contributed by atoms with E-state index in [4.69, 9.17) is 10.5 Å². The molecular weight excluding hydrogens is 186 g/mol. The molecule has 6 nitrogen and oxygen atoms in total. The molecule has 0 aromatic heterocycles. The van der Waals surface area contributed by atoms with Gasteiger partial charge < -0.3 is 15.8 Å². The Morgan fingerprint density at radius 3 is 2.64 bits per heavy atom. The number of imide groups is 1. The van der Waals surface area contributed by atoms with Crippen LogP contribution in [0.15, 0.2) is 0 Å². The van der Waals surface area contributed by atoms with Crippen molar-refractivity contribution in [3.8, 4) is 0 Å². The lowest BCUT2D eigenvalue weighted by atomic mass is 10.2. The summed E-state index contributed by atoms with van der Waals surface area (Å²) in [5.74, 6) is -0.429. The third-order valence-electron chi connectivity index (χ3n) is 1.63. The molecule has 0 heterocycles. The molecule has 0 aromatic carbocycles. The molecule has 0 aromatic rings. The third-order valence-corrected chi connectivity index (χ3v) is 1.63. The van der Waals surface area contributed by atoms with Crippen molar-refractivity contribution >= 4 is 11.9 Å². The van der Waals surface area contributed by atoms with E-state index in [9.17, 15) is 9.59 Å². The maximum absolute atomic E-state index is 10.9. The van der Waals surface area contributed by atoms with Crippen LogP contribution in [0.1, 0.15) is 13.3 Å². The highest BCUT2D eigenvalue weighted by Crippen LogP contribution is 1.89. The van der Waals surface area contributed by atoms with Crippen LogP contribution in [0, 0.1) is 0 Å². The average molecular weight is 203 g/mol. The van der Waals surface area contributed by atoms with Crippen molar-refractivity contribution in [2.75, 3.05) is 20.3 Å². The summed E-state index contributed by atoms with van der Waals surface area (Å²) < 4.78 is 4.87. The van der Waals surface area contributed by atoms with E-state index in [1.807, 2.05) is 12.2 Å². The van der Waals surface area contributed by atoms with E-state index in [1.165, 1.54) is 0 Å². The standard InChI is InChI=1S/C8H17N3O3/c1-6(3-4-14-2)10-5-7(12)11-8(9)13/h6,10H,3-5H2,1-2H3,(H3,9,11,12,13). The van der Waals surface area contributed by atoms with Crippen molar-refractivity contribution in [3.05, 3.63) is 0 Å². The molecule has 0 aliphatic heterocycles. The molecule has 14 heavy (non-hydrogen) atoms. The largest absolute Gasteiger partial charge is 0.385 e. The molecule has 0 fully saturated rings. The van der Waals surface area contributed by atoms with Gasteiger partial charge in [-0.25, -0.2) is 4.79 Å². The van der Waals surface area contributed by atoms with E-state index in [-0.39, 0.29) is 12.6 Å². The number of nitrogens with two attached hydrogens (primary N) is 1. The fourth-order valence-corrected chi connectivity index (χ4v) is 0.845. The van der Waals surface area contributed by atoms with Crippen molar-refractivity contribution in [1.82, 2.24) is 10.6 Å². The van der Waals surface area contributed by atoms with Gasteiger partial charge in [-0.05, 0) is 13.3 Å². The van der Waals surface area contributed by atoms with Gasteiger partial charge in [0.15, 0.2) is 0 Å². The lowest BCUT2D eigenvalue weighted by Gasteiger charge is -2.12. The Morgan fingerprint density at radius 2 is 2.14 bits per heavy atom. The Kier molecular flexibility index (Phi) is 6.69. The molecule has 3 amide bonds. The van der Waals surface area contributed by atoms with E-state index in [2.05, 4.69) is 5.32 Å². The van der Waals surface area contributed by atoms with Crippen molar-refractivity contribution < 1.29 is 14.3 Å². The van der Waals surface area contributed by atoms with Crippen molar-refractivity contribution in [2.45, 2.75) is 19.4 Å². The second kappa shape index (κ2) is 7.28. The molecule has 82 valence electrons. The Hall–Kier alpha value is -1.14. The number of nitrogens with one attached hydrogen (secondary N) is 2. The van der Waals surface area contributed by atoms with Gasteiger partial charge in [0.05, 0.1) is 6.54 Å². The lowest BCUT2D eigenvalue weighted by Crippen LogP contribution is -2.42. The zero-order chi connectivity index (χ0) is 11.0. The number of primary amides is 1. The number of methoxy groups -OCH3 is 1. The number of carbonyl (C=O) groups excluding carboxylic acids is 2. The maximum atomic E-state index is 10.9. The van der Waals surface area contributed by atoms with Gasteiger partial charge >= 0.3 is 6.03 Å². The molecule has 0 rings (SSSR count). The van der Waals surface area contributed by atoms with Crippen LogP contribution in [0.2, 0.25) is 0 Å². The van der Waals surface area contributed by atoms with Gasteiger partial charge in [0, 0.05) is 19.8 Å². The van der Waals surface area contributed by atoms with Gasteiger partial charge in [0.1, 0.15) is 0 Å². The van der Waals surface area contributed by atoms with E-state index < -0.39 is 11.9 Å². The topological polar surface area (TPSA) is 93.4 Å². The summed E-state index contributed by atoms with van der Waals surface area (Å²) in [4.78, 5) is 21.2. The van der Waals surface area contributed by atoms with E-state index >= 15 is 0 Å². The summed E-state index contributed by atoms with van der Waals surface area (Å²) in [5.41, 5.74) is 4.76. The van der Waals surface area contributed by atoms with Gasteiger partial charge in [-0.1, -0.05) is 0 Å². The zero-order valence-electron chi connectivity index (χ0n) is 8.50. The van der Waals surface area contributed by atoms with Crippen LogP contribution in [0.25, 0.3) is 0 Å². The molecule has 0 aliphatic carbocycles. The third kappa shape index (κ3) is 7.51. The summed E-state index contributed by atoms with van der Waals surface area (Å²) >= 11 is 0. The molecule has 6 heteroatoms. The van der Waals surface area contributed by atoms with Crippen LogP contribution in [-0.2, 0) is 9.53 Å². The van der Waals surface area contributed by atoms with E-state index in [1.54, 1.807) is 7.11 Å². The monoisotopic (exact) mass is 203 g/mol. The van der Waals surface area contributed by atoms with E-state index in [0.717, 1.165) is 6.42 Å². The minimum Gasteiger partial charge on any atom is -0.385 e. The smallest absolute Gasteiger partial charge is 0.318 e. The molecule has 0 spiro atoms. The quantitative estimate of drug-likeness (QED) is 0.526. The molecule has 0 aliphatic rings. The summed E-state index contributed by atoms with van der Waals surface area (Å²) in [7, 11) is 1.62. The summed E-state index contributed by atoms with van der Waals surface area (Å²) in [6.07, 6.45) is 0.806. The summed E-state index contributed by atoms with van der Waals surface area (Å²) in [6.45, 7) is 2.63. The fourth-order valence-electron chi connectivity index (χ4n) is 0.845. The number of ether oxygens (including phenoxy) is 1. The van der Waals surface area contributed by atoms with Crippen LogP contribution in [-0.4, -0.2) is 38.2 Å². The Labute approximate surface area is 83.2 Å². The number of carbonyl (C=O) groups is 2. The first-order chi connectivity index (χ1) is 6.56. The molecule has 0 saturated heterocycles. The van der Waals surface area contributed by atoms with Gasteiger partial charge in [-0.2, -0.15) is 0 Å². The summed E-state index contributed by atoms with van der Waals surface area (Å²) in [6, 6.07) is -0.671. The van der Waals surface area contributed by atoms with Crippen molar-refractivity contribution in [1.29, 1.82) is 0 Å². The predicted molar refractivity (Wildman–Crippen MR) is 51.7 cm³/mol. The number of amides is 3. The SMILES string of the molecule is COCCC(C)NCC(=O)NC(N)=O. The van der Waals surface area contributed by atoms with Gasteiger partial charge in [0.25, 0.3) is 0 Å². The van der Waals surface area contributed by atoms with Crippen LogP contribution in [0.5, 0.6) is 0 Å². The highest BCUT2D eigenvalue weighted by molar-refractivity contribution is 5.94. The number of hydrogen-bond acceptors (Lipinski definition) is 4. The second-order valence-corrected chi connectivity index (χ2v) is 2.98. The minimum atomic E-state index is -0.832.